The van der Waals surface area contributed by atoms with Gasteiger partial charge < -0.3 is 24.3 Å². The summed E-state index contributed by atoms with van der Waals surface area (Å²) in [5.41, 5.74) is 6.41. The first-order chi connectivity index (χ1) is 16.2. The molecule has 1 aliphatic carbocycles. The minimum absolute atomic E-state index is 0.159. The van der Waals surface area contributed by atoms with Gasteiger partial charge in [0.2, 0.25) is 5.95 Å². The number of nitrogens with one attached hydrogen (secondary N) is 1. The number of nitrogens with two attached hydrogens (primary N) is 1. The molecule has 0 amide bonds. The summed E-state index contributed by atoms with van der Waals surface area (Å²) < 4.78 is 32.9. The summed E-state index contributed by atoms with van der Waals surface area (Å²) in [5.74, 6) is 0.0476. The van der Waals surface area contributed by atoms with Crippen LogP contribution in [-0.4, -0.2) is 49.6 Å². The van der Waals surface area contributed by atoms with Crippen LogP contribution in [0.5, 0.6) is 5.75 Å². The Kier molecular flexibility index (Phi) is 6.88. The maximum atomic E-state index is 13.8. The summed E-state index contributed by atoms with van der Waals surface area (Å²) in [6.07, 6.45) is 4.24. The lowest BCUT2D eigenvalue weighted by Crippen LogP contribution is -2.37. The molecule has 0 radical (unpaired) electrons. The second kappa shape index (κ2) is 9.69. The van der Waals surface area contributed by atoms with E-state index >= 15 is 0 Å². The van der Waals surface area contributed by atoms with Crippen molar-refractivity contribution in [3.05, 3.63) is 42.9 Å². The van der Waals surface area contributed by atoms with Crippen molar-refractivity contribution < 1.29 is 23.4 Å². The number of carbonyl (C=O) groups is 1. The topological polar surface area (TPSA) is 143 Å². The van der Waals surface area contributed by atoms with Crippen LogP contribution in [0.2, 0.25) is 0 Å². The minimum Gasteiger partial charge on any atom is -0.462 e. The van der Waals surface area contributed by atoms with Crippen LogP contribution in [-0.2, 0) is 25.4 Å². The van der Waals surface area contributed by atoms with Crippen molar-refractivity contribution in [2.45, 2.75) is 57.9 Å². The smallest absolute Gasteiger partial charge is 0.342 e. The number of carbonyl (C=O) groups excluding carboxylic acids is 1. The Morgan fingerprint density at radius 3 is 2.65 bits per heavy atom. The van der Waals surface area contributed by atoms with Gasteiger partial charge in [-0.2, -0.15) is 4.98 Å². The Hall–Kier alpha value is -3.01. The number of nitrogens with zero attached hydrogens (tertiary/aromatic N) is 4. The van der Waals surface area contributed by atoms with E-state index in [9.17, 15) is 9.36 Å². The van der Waals surface area contributed by atoms with Crippen molar-refractivity contribution >= 4 is 30.6 Å². The van der Waals surface area contributed by atoms with Crippen molar-refractivity contribution in [3.63, 3.8) is 0 Å². The highest BCUT2D eigenvalue weighted by Crippen LogP contribution is 2.49. The van der Waals surface area contributed by atoms with Crippen molar-refractivity contribution in [1.82, 2.24) is 24.6 Å². The molecule has 1 unspecified atom stereocenters. The molecule has 2 heterocycles. The molecule has 3 N–H and O–H groups in total. The zero-order valence-corrected chi connectivity index (χ0v) is 20.3. The number of hydrogen-bond acceptors (Lipinski definition) is 9. The molecule has 12 heteroatoms. The van der Waals surface area contributed by atoms with Crippen LogP contribution >= 0.6 is 7.52 Å². The van der Waals surface area contributed by atoms with Crippen LogP contribution in [0.3, 0.4) is 0 Å². The SMILES string of the molecule is CC(C)OC(=O)[C@H](C)NP(=O)(COC1(Cn2cnc3cnc(N)nc32)CC1)Oc1ccccc1. The molecule has 0 bridgehead atoms. The molecule has 1 aliphatic rings. The molecule has 0 saturated heterocycles. The summed E-state index contributed by atoms with van der Waals surface area (Å²) in [5, 5.41) is 2.82. The number of rotatable bonds is 11. The predicted octanol–water partition coefficient (Wildman–Crippen LogP) is 3.12. The fourth-order valence-corrected chi connectivity index (χ4v) is 5.21. The van der Waals surface area contributed by atoms with Gasteiger partial charge in [-0.3, -0.25) is 9.36 Å². The van der Waals surface area contributed by atoms with Gasteiger partial charge in [-0.05, 0) is 45.7 Å². The van der Waals surface area contributed by atoms with Gasteiger partial charge in [-0.25, -0.2) is 15.1 Å². The number of ether oxygens (including phenoxy) is 2. The number of hydrogen-bond donors (Lipinski definition) is 2. The summed E-state index contributed by atoms with van der Waals surface area (Å²) >= 11 is 0. The molecule has 4 rings (SSSR count). The molecule has 11 nitrogen and oxygen atoms in total. The number of aromatic nitrogens is 4. The first-order valence-electron chi connectivity index (χ1n) is 11.1. The third-order valence-corrected chi connectivity index (χ3v) is 7.03. The molecule has 34 heavy (non-hydrogen) atoms. The molecule has 1 fully saturated rings. The average Bonchev–Trinajstić information content (AvgIpc) is 3.45. The van der Waals surface area contributed by atoms with Crippen LogP contribution in [0.1, 0.15) is 33.6 Å². The lowest BCUT2D eigenvalue weighted by Gasteiger charge is -2.26. The first kappa shape index (κ1) is 24.1. The van der Waals surface area contributed by atoms with E-state index in [1.54, 1.807) is 57.6 Å². The van der Waals surface area contributed by atoms with E-state index < -0.39 is 25.1 Å². The molecule has 2 atom stereocenters. The molecule has 1 saturated carbocycles. The fourth-order valence-electron chi connectivity index (χ4n) is 3.43. The van der Waals surface area contributed by atoms with Gasteiger partial charge >= 0.3 is 13.5 Å². The highest BCUT2D eigenvalue weighted by molar-refractivity contribution is 7.57. The van der Waals surface area contributed by atoms with Crippen LogP contribution < -0.4 is 15.3 Å². The quantitative estimate of drug-likeness (QED) is 0.305. The van der Waals surface area contributed by atoms with Crippen LogP contribution in [0.15, 0.2) is 42.9 Å². The zero-order chi connectivity index (χ0) is 24.3. The normalized spacial score (nSPS) is 17.3. The third-order valence-electron chi connectivity index (χ3n) is 5.28. The molecule has 0 aliphatic heterocycles. The van der Waals surface area contributed by atoms with E-state index in [2.05, 4.69) is 20.0 Å². The lowest BCUT2D eigenvalue weighted by molar-refractivity contribution is -0.149. The summed E-state index contributed by atoms with van der Waals surface area (Å²) in [6, 6.07) is 7.91. The van der Waals surface area contributed by atoms with Crippen LogP contribution in [0, 0.1) is 0 Å². The predicted molar refractivity (Wildman–Crippen MR) is 126 cm³/mol. The van der Waals surface area contributed by atoms with Gasteiger partial charge in [-0.15, -0.1) is 0 Å². The summed E-state index contributed by atoms with van der Waals surface area (Å²) in [6.45, 7) is 5.54. The van der Waals surface area contributed by atoms with E-state index in [0.717, 1.165) is 12.8 Å². The van der Waals surface area contributed by atoms with Crippen molar-refractivity contribution in [2.24, 2.45) is 0 Å². The first-order valence-corrected chi connectivity index (χ1v) is 12.9. The molecular formula is C22H29N6O5P. The second-order valence-electron chi connectivity index (χ2n) is 8.68. The van der Waals surface area contributed by atoms with Crippen molar-refractivity contribution in [3.8, 4) is 5.75 Å². The lowest BCUT2D eigenvalue weighted by atomic mass is 10.3. The monoisotopic (exact) mass is 488 g/mol. The van der Waals surface area contributed by atoms with Gasteiger partial charge in [0.1, 0.15) is 23.7 Å². The Labute approximate surface area is 197 Å². The minimum atomic E-state index is -3.64. The number of benzene rings is 1. The maximum absolute atomic E-state index is 13.8. The molecule has 2 aromatic heterocycles. The highest BCUT2D eigenvalue weighted by Gasteiger charge is 2.47. The largest absolute Gasteiger partial charge is 0.462 e. The van der Waals surface area contributed by atoms with Crippen molar-refractivity contribution in [1.29, 1.82) is 0 Å². The van der Waals surface area contributed by atoms with Gasteiger partial charge in [-0.1, -0.05) is 18.2 Å². The number of nitrogen functional groups attached to an aromatic ring is 1. The Balaban J connectivity index is 1.48. The number of anilines is 1. The Bertz CT molecular complexity index is 1200. The van der Waals surface area contributed by atoms with E-state index in [1.807, 2.05) is 10.6 Å². The molecule has 0 spiro atoms. The Morgan fingerprint density at radius 1 is 1.24 bits per heavy atom. The standard InChI is InChI=1S/C22H29N6O5P/c1-15(2)32-20(29)16(3)27-34(30,33-17-7-5-4-6-8-17)14-31-22(9-10-22)12-28-13-25-18-11-24-21(23)26-19(18)28/h4-8,11,13,15-16H,9-10,12,14H2,1-3H3,(H,27,30)(H2,23,24,26)/t16-,34?/m0/s1. The van der Waals surface area contributed by atoms with Crippen LogP contribution in [0.4, 0.5) is 5.95 Å². The van der Waals surface area contributed by atoms with Gasteiger partial charge in [0.25, 0.3) is 0 Å². The molecule has 182 valence electrons. The van der Waals surface area contributed by atoms with Crippen LogP contribution in [0.25, 0.3) is 11.2 Å². The van der Waals surface area contributed by atoms with Gasteiger partial charge in [0.05, 0.1) is 30.8 Å². The van der Waals surface area contributed by atoms with Crippen molar-refractivity contribution in [2.75, 3.05) is 12.1 Å². The molecule has 3 aromatic rings. The van der Waals surface area contributed by atoms with E-state index in [-0.39, 0.29) is 18.4 Å². The van der Waals surface area contributed by atoms with E-state index in [1.165, 1.54) is 0 Å². The van der Waals surface area contributed by atoms with Gasteiger partial charge in [0, 0.05) is 0 Å². The molecular weight excluding hydrogens is 459 g/mol. The molecule has 1 aromatic carbocycles. The highest BCUT2D eigenvalue weighted by atomic mass is 31.2. The number of esters is 1. The summed E-state index contributed by atoms with van der Waals surface area (Å²) in [7, 11) is -3.64. The third kappa shape index (κ3) is 5.91. The number of fused-ring (bicyclic) bond motifs is 1. The number of imidazole rings is 1. The summed E-state index contributed by atoms with van der Waals surface area (Å²) in [4.78, 5) is 24.9. The Morgan fingerprint density at radius 2 is 1.97 bits per heavy atom. The fraction of sp³-hybridized carbons (Fsp3) is 0.455. The maximum Gasteiger partial charge on any atom is 0.342 e. The number of para-hydroxylation sites is 1. The van der Waals surface area contributed by atoms with E-state index in [4.69, 9.17) is 19.7 Å². The average molecular weight is 488 g/mol. The second-order valence-corrected chi connectivity index (χ2v) is 10.7. The van der Waals surface area contributed by atoms with E-state index in [0.29, 0.717) is 23.5 Å². The van der Waals surface area contributed by atoms with Gasteiger partial charge in [0.15, 0.2) is 5.65 Å². The zero-order valence-electron chi connectivity index (χ0n) is 19.4.